The number of furan rings is 1. The van der Waals surface area contributed by atoms with Gasteiger partial charge in [-0.3, -0.25) is 15.1 Å². The fourth-order valence-corrected chi connectivity index (χ4v) is 2.43. The summed E-state index contributed by atoms with van der Waals surface area (Å²) in [6.45, 7) is -0.165. The number of hydrogen-bond acceptors (Lipinski definition) is 4. The van der Waals surface area contributed by atoms with E-state index in [1.807, 2.05) is 36.4 Å². The van der Waals surface area contributed by atoms with Crippen LogP contribution in [-0.4, -0.2) is 16.5 Å². The number of nitrogens with zero attached hydrogens (tertiary/aromatic N) is 2. The molecule has 0 aliphatic heterocycles. The summed E-state index contributed by atoms with van der Waals surface area (Å²) in [4.78, 5) is 15.1. The van der Waals surface area contributed by atoms with Crippen molar-refractivity contribution in [3.05, 3.63) is 76.4 Å². The molecule has 3 rings (SSSR count). The normalized spacial score (nSPS) is 12.4. The first-order valence-electron chi connectivity index (χ1n) is 6.72. The van der Waals surface area contributed by atoms with Gasteiger partial charge in [-0.2, -0.15) is 0 Å². The van der Waals surface area contributed by atoms with Crippen LogP contribution in [0.5, 0.6) is 0 Å². The van der Waals surface area contributed by atoms with Crippen LogP contribution in [0.25, 0.3) is 10.9 Å². The van der Waals surface area contributed by atoms with Crippen molar-refractivity contribution in [2.45, 2.75) is 12.3 Å². The van der Waals surface area contributed by atoms with Crippen LogP contribution in [0.4, 0.5) is 0 Å². The standard InChI is InChI=1S/C16H14N2O3/c19-18(20)11-13(16-6-3-9-21-16)10-14-8-7-12-4-1-2-5-15(12)17-14/h1-9,13H,10-11H2. The Morgan fingerprint density at radius 2 is 2.00 bits per heavy atom. The number of pyridine rings is 1. The van der Waals surface area contributed by atoms with Crippen molar-refractivity contribution in [1.82, 2.24) is 4.98 Å². The molecular formula is C16H14N2O3. The highest BCUT2D eigenvalue weighted by Crippen LogP contribution is 2.22. The fraction of sp³-hybridized carbons (Fsp3) is 0.188. The van der Waals surface area contributed by atoms with E-state index in [2.05, 4.69) is 4.98 Å². The second kappa shape index (κ2) is 5.75. The third-order valence-electron chi connectivity index (χ3n) is 3.43. The molecule has 0 bridgehead atoms. The van der Waals surface area contributed by atoms with Gasteiger partial charge >= 0.3 is 0 Å². The Labute approximate surface area is 121 Å². The first-order valence-corrected chi connectivity index (χ1v) is 6.72. The third kappa shape index (κ3) is 3.08. The summed E-state index contributed by atoms with van der Waals surface area (Å²) in [6, 6.07) is 15.2. The molecule has 0 amide bonds. The van der Waals surface area contributed by atoms with Crippen molar-refractivity contribution in [2.24, 2.45) is 0 Å². The fourth-order valence-electron chi connectivity index (χ4n) is 2.43. The molecule has 0 aliphatic carbocycles. The van der Waals surface area contributed by atoms with Crippen LogP contribution in [0.2, 0.25) is 0 Å². The minimum Gasteiger partial charge on any atom is -0.469 e. The highest BCUT2D eigenvalue weighted by atomic mass is 16.6. The second-order valence-electron chi connectivity index (χ2n) is 4.93. The molecule has 0 saturated carbocycles. The minimum atomic E-state index is -0.311. The molecule has 21 heavy (non-hydrogen) atoms. The van der Waals surface area contributed by atoms with E-state index in [1.165, 1.54) is 6.26 Å². The van der Waals surface area contributed by atoms with Gasteiger partial charge in [-0.25, -0.2) is 0 Å². The lowest BCUT2D eigenvalue weighted by Crippen LogP contribution is -2.15. The van der Waals surface area contributed by atoms with Crippen LogP contribution >= 0.6 is 0 Å². The van der Waals surface area contributed by atoms with E-state index < -0.39 is 0 Å². The Kier molecular flexibility index (Phi) is 3.64. The van der Waals surface area contributed by atoms with Gasteiger partial charge in [0.1, 0.15) is 5.76 Å². The highest BCUT2D eigenvalue weighted by Gasteiger charge is 2.21. The van der Waals surface area contributed by atoms with Crippen LogP contribution in [0, 0.1) is 10.1 Å². The van der Waals surface area contributed by atoms with E-state index in [0.29, 0.717) is 12.2 Å². The van der Waals surface area contributed by atoms with Crippen molar-refractivity contribution in [3.8, 4) is 0 Å². The molecule has 1 atom stereocenters. The van der Waals surface area contributed by atoms with Gasteiger partial charge in [0.2, 0.25) is 6.54 Å². The molecule has 0 N–H and O–H groups in total. The molecule has 5 heteroatoms. The number of rotatable bonds is 5. The van der Waals surface area contributed by atoms with Crippen molar-refractivity contribution >= 4 is 10.9 Å². The van der Waals surface area contributed by atoms with Crippen molar-refractivity contribution in [1.29, 1.82) is 0 Å². The molecule has 0 saturated heterocycles. The maximum atomic E-state index is 10.9. The lowest BCUT2D eigenvalue weighted by atomic mass is 9.99. The summed E-state index contributed by atoms with van der Waals surface area (Å²) in [5.74, 6) is 0.324. The molecule has 0 fully saturated rings. The molecule has 2 heterocycles. The lowest BCUT2D eigenvalue weighted by Gasteiger charge is -2.10. The largest absolute Gasteiger partial charge is 0.469 e. The SMILES string of the molecule is O=[N+]([O-])CC(Cc1ccc2ccccc2n1)c1ccco1. The van der Waals surface area contributed by atoms with Gasteiger partial charge in [0.15, 0.2) is 0 Å². The van der Waals surface area contributed by atoms with E-state index >= 15 is 0 Å². The zero-order valence-electron chi connectivity index (χ0n) is 11.3. The van der Waals surface area contributed by atoms with Gasteiger partial charge in [-0.05, 0) is 24.3 Å². The first kappa shape index (κ1) is 13.3. The number of aromatic nitrogens is 1. The van der Waals surface area contributed by atoms with Crippen molar-refractivity contribution in [3.63, 3.8) is 0 Å². The Morgan fingerprint density at radius 1 is 1.14 bits per heavy atom. The highest BCUT2D eigenvalue weighted by molar-refractivity contribution is 5.78. The topological polar surface area (TPSA) is 69.2 Å². The number of hydrogen-bond donors (Lipinski definition) is 0. The van der Waals surface area contributed by atoms with E-state index in [0.717, 1.165) is 16.6 Å². The number of nitro groups is 1. The second-order valence-corrected chi connectivity index (χ2v) is 4.93. The summed E-state index contributed by atoms with van der Waals surface area (Å²) in [7, 11) is 0. The predicted molar refractivity (Wildman–Crippen MR) is 78.8 cm³/mol. The molecule has 0 aliphatic rings. The first-order chi connectivity index (χ1) is 10.2. The van der Waals surface area contributed by atoms with E-state index in [4.69, 9.17) is 4.42 Å². The van der Waals surface area contributed by atoms with Gasteiger partial charge in [0, 0.05) is 22.4 Å². The summed E-state index contributed by atoms with van der Waals surface area (Å²) < 4.78 is 5.32. The molecule has 5 nitrogen and oxygen atoms in total. The molecule has 1 aromatic carbocycles. The average Bonchev–Trinajstić information content (AvgIpc) is 3.00. The molecule has 106 valence electrons. The predicted octanol–water partition coefficient (Wildman–Crippen LogP) is 3.43. The summed E-state index contributed by atoms with van der Waals surface area (Å²) >= 11 is 0. The molecule has 1 unspecified atom stereocenters. The smallest absolute Gasteiger partial charge is 0.214 e. The molecule has 0 radical (unpaired) electrons. The van der Waals surface area contributed by atoms with E-state index in [1.54, 1.807) is 12.1 Å². The van der Waals surface area contributed by atoms with Crippen LogP contribution in [-0.2, 0) is 6.42 Å². The molecular weight excluding hydrogens is 268 g/mol. The van der Waals surface area contributed by atoms with E-state index in [-0.39, 0.29) is 17.4 Å². The van der Waals surface area contributed by atoms with Crippen LogP contribution in [0.15, 0.2) is 59.2 Å². The molecule has 0 spiro atoms. The summed E-state index contributed by atoms with van der Waals surface area (Å²) in [5.41, 5.74) is 1.73. The maximum Gasteiger partial charge on any atom is 0.214 e. The summed E-state index contributed by atoms with van der Waals surface area (Å²) in [6.07, 6.45) is 2.02. The minimum absolute atomic E-state index is 0.165. The zero-order chi connectivity index (χ0) is 14.7. The van der Waals surface area contributed by atoms with Gasteiger partial charge in [0.05, 0.1) is 17.7 Å². The quantitative estimate of drug-likeness (QED) is 0.531. The third-order valence-corrected chi connectivity index (χ3v) is 3.43. The van der Waals surface area contributed by atoms with Gasteiger partial charge in [-0.15, -0.1) is 0 Å². The number of fused-ring (bicyclic) bond motifs is 1. The van der Waals surface area contributed by atoms with Crippen molar-refractivity contribution in [2.75, 3.05) is 6.54 Å². The Morgan fingerprint density at radius 3 is 2.76 bits per heavy atom. The average molecular weight is 282 g/mol. The number of para-hydroxylation sites is 1. The maximum absolute atomic E-state index is 10.9. The number of benzene rings is 1. The van der Waals surface area contributed by atoms with Gasteiger partial charge in [0.25, 0.3) is 0 Å². The van der Waals surface area contributed by atoms with Crippen LogP contribution in [0.3, 0.4) is 0 Å². The van der Waals surface area contributed by atoms with Gasteiger partial charge < -0.3 is 4.42 Å². The van der Waals surface area contributed by atoms with Crippen LogP contribution < -0.4 is 0 Å². The van der Waals surface area contributed by atoms with Crippen LogP contribution in [0.1, 0.15) is 17.4 Å². The molecule has 2 aromatic heterocycles. The monoisotopic (exact) mass is 282 g/mol. The Balaban J connectivity index is 1.88. The Hall–Kier alpha value is -2.69. The molecule has 3 aromatic rings. The Bertz CT molecular complexity index is 753. The zero-order valence-corrected chi connectivity index (χ0v) is 11.3. The summed E-state index contributed by atoms with van der Waals surface area (Å²) in [5, 5.41) is 11.9. The lowest BCUT2D eigenvalue weighted by molar-refractivity contribution is -0.483. The van der Waals surface area contributed by atoms with E-state index in [9.17, 15) is 10.1 Å². The van der Waals surface area contributed by atoms with Crippen molar-refractivity contribution < 1.29 is 9.34 Å². The van der Waals surface area contributed by atoms with Gasteiger partial charge in [-0.1, -0.05) is 24.3 Å².